The van der Waals surface area contributed by atoms with Gasteiger partial charge in [-0.3, -0.25) is 9.59 Å². The van der Waals surface area contributed by atoms with Gasteiger partial charge >= 0.3 is 0 Å². The Morgan fingerprint density at radius 1 is 0.621 bits per heavy atom. The lowest BCUT2D eigenvalue weighted by atomic mass is 10.3. The zero-order valence-electron chi connectivity index (χ0n) is 16.5. The van der Waals surface area contributed by atoms with Gasteiger partial charge in [0.15, 0.2) is 26.3 Å². The Balaban J connectivity index is 1.88. The molecule has 3 rings (SSSR count). The van der Waals surface area contributed by atoms with Crippen molar-refractivity contribution in [3.63, 3.8) is 0 Å². The van der Waals surface area contributed by atoms with Crippen LogP contribution in [0.5, 0.6) is 11.5 Å². The quantitative estimate of drug-likeness (QED) is 0.482. The molecule has 0 N–H and O–H groups in total. The molecule has 0 aliphatic rings. The van der Waals surface area contributed by atoms with Gasteiger partial charge < -0.3 is 9.47 Å². The molecule has 0 aromatic heterocycles. The van der Waals surface area contributed by atoms with Gasteiger partial charge in [0.05, 0.1) is 10.9 Å². The Labute approximate surface area is 173 Å². The fraction of sp³-hybridized carbons (Fsp3) is 0.167. The fourth-order valence-corrected chi connectivity index (χ4v) is 4.74. The highest BCUT2D eigenvalue weighted by Crippen LogP contribution is 2.33. The predicted octanol–water partition coefficient (Wildman–Crippen LogP) is 4.72. The molecule has 0 saturated heterocycles. The Morgan fingerprint density at radius 3 is 1.38 bits per heavy atom. The summed E-state index contributed by atoms with van der Waals surface area (Å²) in [5, 5.41) is 0. The maximum atomic E-state index is 11.1. The fourth-order valence-electron chi connectivity index (χ4n) is 2.68. The van der Waals surface area contributed by atoms with E-state index in [1.54, 1.807) is 0 Å². The average molecular weight is 408 g/mol. The van der Waals surface area contributed by atoms with E-state index in [0.29, 0.717) is 11.5 Å². The molecule has 0 radical (unpaired) electrons. The molecule has 0 bridgehead atoms. The first-order valence-electron chi connectivity index (χ1n) is 9.27. The van der Waals surface area contributed by atoms with Crippen molar-refractivity contribution in [3.8, 4) is 11.5 Å². The topological polar surface area (TPSA) is 52.6 Å². The predicted molar refractivity (Wildman–Crippen MR) is 114 cm³/mol. The van der Waals surface area contributed by atoms with Gasteiger partial charge in [-0.05, 0) is 74.5 Å². The Morgan fingerprint density at radius 2 is 1.00 bits per heavy atom. The Hall–Kier alpha value is -3.05. The van der Waals surface area contributed by atoms with Crippen LogP contribution < -0.4 is 9.47 Å². The molecular formula is C24H23O4S+. The van der Waals surface area contributed by atoms with Gasteiger partial charge in [-0.15, -0.1) is 0 Å². The second-order valence-electron chi connectivity index (χ2n) is 6.54. The molecule has 0 amide bonds. The summed E-state index contributed by atoms with van der Waals surface area (Å²) in [6, 6.07) is 26.0. The largest absolute Gasteiger partial charge is 0.486 e. The molecule has 0 unspecified atom stereocenters. The molecule has 5 heteroatoms. The van der Waals surface area contributed by atoms with Gasteiger partial charge in [0.1, 0.15) is 24.7 Å². The van der Waals surface area contributed by atoms with E-state index >= 15 is 0 Å². The van der Waals surface area contributed by atoms with Crippen LogP contribution in [0.2, 0.25) is 0 Å². The third-order valence-corrected chi connectivity index (χ3v) is 6.21. The number of benzene rings is 3. The van der Waals surface area contributed by atoms with E-state index in [-0.39, 0.29) is 35.7 Å². The zero-order chi connectivity index (χ0) is 20.6. The van der Waals surface area contributed by atoms with E-state index in [1.165, 1.54) is 18.7 Å². The molecule has 29 heavy (non-hydrogen) atoms. The average Bonchev–Trinajstić information content (AvgIpc) is 2.73. The van der Waals surface area contributed by atoms with Gasteiger partial charge in [0.25, 0.3) is 0 Å². The lowest BCUT2D eigenvalue weighted by molar-refractivity contribution is -0.119. The summed E-state index contributed by atoms with van der Waals surface area (Å²) in [7, 11) is -0.302. The van der Waals surface area contributed by atoms with E-state index in [1.807, 2.05) is 66.7 Å². The summed E-state index contributed by atoms with van der Waals surface area (Å²) >= 11 is 0. The van der Waals surface area contributed by atoms with Crippen LogP contribution in [0.4, 0.5) is 0 Å². The summed E-state index contributed by atoms with van der Waals surface area (Å²) in [6.07, 6.45) is 0. The molecule has 0 aliphatic heterocycles. The van der Waals surface area contributed by atoms with Crippen LogP contribution in [0.15, 0.2) is 93.5 Å². The van der Waals surface area contributed by atoms with Crippen LogP contribution >= 0.6 is 0 Å². The molecule has 0 spiro atoms. The van der Waals surface area contributed by atoms with Gasteiger partial charge in [0.2, 0.25) is 0 Å². The lowest BCUT2D eigenvalue weighted by Gasteiger charge is -2.10. The van der Waals surface area contributed by atoms with Crippen LogP contribution in [0.1, 0.15) is 13.8 Å². The first kappa shape index (κ1) is 20.7. The number of hydrogen-bond acceptors (Lipinski definition) is 4. The highest BCUT2D eigenvalue weighted by Gasteiger charge is 2.28. The number of ether oxygens (including phenoxy) is 2. The zero-order valence-corrected chi connectivity index (χ0v) is 17.3. The van der Waals surface area contributed by atoms with Crippen molar-refractivity contribution in [3.05, 3.63) is 78.9 Å². The van der Waals surface area contributed by atoms with Crippen molar-refractivity contribution in [2.75, 3.05) is 13.2 Å². The molecule has 0 fully saturated rings. The van der Waals surface area contributed by atoms with Crippen LogP contribution in [-0.2, 0) is 20.5 Å². The van der Waals surface area contributed by atoms with Crippen molar-refractivity contribution in [1.29, 1.82) is 0 Å². The van der Waals surface area contributed by atoms with Gasteiger partial charge in [-0.1, -0.05) is 18.2 Å². The molecule has 0 heterocycles. The summed E-state index contributed by atoms with van der Waals surface area (Å²) in [4.78, 5) is 25.7. The number of ketones is 2. The number of hydrogen-bond donors (Lipinski definition) is 0. The number of carbonyl (C=O) groups is 2. The molecular weight excluding hydrogens is 384 g/mol. The van der Waals surface area contributed by atoms with E-state index in [9.17, 15) is 9.59 Å². The van der Waals surface area contributed by atoms with Crippen molar-refractivity contribution in [1.82, 2.24) is 0 Å². The monoisotopic (exact) mass is 407 g/mol. The van der Waals surface area contributed by atoms with Crippen molar-refractivity contribution in [2.45, 2.75) is 28.5 Å². The third-order valence-electron chi connectivity index (χ3n) is 3.98. The lowest BCUT2D eigenvalue weighted by Crippen LogP contribution is -2.08. The standard InChI is InChI=1S/C24H23O4S/c1-18(25)16-27-20-8-12-23(13-9-20)29(22-6-4-3-5-7-22)24-14-10-21(11-15-24)28-17-19(2)26/h3-15H,16-17H2,1-2H3/q+1. The summed E-state index contributed by atoms with van der Waals surface area (Å²) in [6.45, 7) is 3.16. The number of rotatable bonds is 9. The molecule has 0 atom stereocenters. The van der Waals surface area contributed by atoms with Crippen LogP contribution in [0.3, 0.4) is 0 Å². The first-order chi connectivity index (χ1) is 14.0. The van der Waals surface area contributed by atoms with Gasteiger partial charge in [-0.25, -0.2) is 0 Å². The highest BCUT2D eigenvalue weighted by atomic mass is 32.2. The second kappa shape index (κ2) is 9.94. The maximum absolute atomic E-state index is 11.1. The SMILES string of the molecule is CC(=O)COc1ccc([S+](c2ccccc2)c2ccc(OCC(C)=O)cc2)cc1. The van der Waals surface area contributed by atoms with Gasteiger partial charge in [-0.2, -0.15) is 0 Å². The van der Waals surface area contributed by atoms with Gasteiger partial charge in [0, 0.05) is 0 Å². The number of carbonyl (C=O) groups excluding carboxylic acids is 2. The second-order valence-corrected chi connectivity index (χ2v) is 8.57. The Kier molecular flexibility index (Phi) is 7.09. The van der Waals surface area contributed by atoms with Crippen LogP contribution in [-0.4, -0.2) is 24.8 Å². The molecule has 4 nitrogen and oxygen atoms in total. The minimum atomic E-state index is -0.302. The molecule has 0 aliphatic carbocycles. The molecule has 148 valence electrons. The summed E-state index contributed by atoms with van der Waals surface area (Å²) < 4.78 is 11.0. The summed E-state index contributed by atoms with van der Waals surface area (Å²) in [5.41, 5.74) is 0. The van der Waals surface area contributed by atoms with Crippen molar-refractivity contribution >= 4 is 22.5 Å². The third kappa shape index (κ3) is 5.96. The minimum Gasteiger partial charge on any atom is -0.486 e. The first-order valence-corrected chi connectivity index (χ1v) is 10.5. The van der Waals surface area contributed by atoms with E-state index < -0.39 is 0 Å². The van der Waals surface area contributed by atoms with Crippen LogP contribution in [0.25, 0.3) is 0 Å². The van der Waals surface area contributed by atoms with Crippen molar-refractivity contribution < 1.29 is 19.1 Å². The van der Waals surface area contributed by atoms with Crippen molar-refractivity contribution in [2.24, 2.45) is 0 Å². The van der Waals surface area contributed by atoms with E-state index in [4.69, 9.17) is 9.47 Å². The normalized spacial score (nSPS) is 10.6. The van der Waals surface area contributed by atoms with E-state index in [0.717, 1.165) is 9.79 Å². The molecule has 0 saturated carbocycles. The summed E-state index contributed by atoms with van der Waals surface area (Å²) in [5.74, 6) is 1.33. The van der Waals surface area contributed by atoms with E-state index in [2.05, 4.69) is 12.1 Å². The number of Topliss-reactive ketones (excluding diaryl/α,β-unsaturated/α-hetero) is 2. The van der Waals surface area contributed by atoms with Crippen LogP contribution in [0, 0.1) is 0 Å². The highest BCUT2D eigenvalue weighted by molar-refractivity contribution is 7.97. The smallest absolute Gasteiger partial charge is 0.167 e. The molecule has 3 aromatic carbocycles. The Bertz CT molecular complexity index is 889. The maximum Gasteiger partial charge on any atom is 0.167 e. The minimum absolute atomic E-state index is 0.00908. The molecule has 3 aromatic rings.